The Kier molecular flexibility index (Phi) is 4.72. The van der Waals surface area contributed by atoms with Gasteiger partial charge < -0.3 is 9.84 Å². The largest absolute Gasteiger partial charge is 0.503 e. The highest BCUT2D eigenvalue weighted by atomic mass is 79.9. The van der Waals surface area contributed by atoms with E-state index >= 15 is 0 Å². The van der Waals surface area contributed by atoms with Crippen molar-refractivity contribution in [3.63, 3.8) is 0 Å². The Balaban J connectivity index is 2.39. The number of thiocarbonyl (C=S) groups is 1. The van der Waals surface area contributed by atoms with Crippen LogP contribution in [0.2, 0.25) is 0 Å². The predicted molar refractivity (Wildman–Crippen MR) is 87.9 cm³/mol. The molecule has 20 heavy (non-hydrogen) atoms. The summed E-state index contributed by atoms with van der Waals surface area (Å²) in [7, 11) is 1.47. The maximum Gasteiger partial charge on any atom is 0.266 e. The zero-order valence-corrected chi connectivity index (χ0v) is 14.1. The van der Waals surface area contributed by atoms with E-state index in [4.69, 9.17) is 17.0 Å². The van der Waals surface area contributed by atoms with E-state index in [1.165, 1.54) is 18.9 Å². The zero-order chi connectivity index (χ0) is 14.9. The first kappa shape index (κ1) is 15.3. The van der Waals surface area contributed by atoms with E-state index < -0.39 is 0 Å². The van der Waals surface area contributed by atoms with Gasteiger partial charge in [-0.2, -0.15) is 0 Å². The van der Waals surface area contributed by atoms with Gasteiger partial charge in [0.25, 0.3) is 5.91 Å². The molecule has 0 aliphatic carbocycles. The first-order valence-electron chi connectivity index (χ1n) is 5.79. The molecule has 0 spiro atoms. The van der Waals surface area contributed by atoms with Crippen LogP contribution in [0.15, 0.2) is 21.5 Å². The van der Waals surface area contributed by atoms with Gasteiger partial charge in [-0.1, -0.05) is 24.0 Å². The van der Waals surface area contributed by atoms with Crippen molar-refractivity contribution in [3.8, 4) is 11.5 Å². The van der Waals surface area contributed by atoms with Gasteiger partial charge in [0.2, 0.25) is 0 Å². The molecule has 7 heteroatoms. The molecule has 106 valence electrons. The number of phenols is 1. The lowest BCUT2D eigenvalue weighted by molar-refractivity contribution is -0.121. The number of amides is 1. The molecule has 0 radical (unpaired) electrons. The van der Waals surface area contributed by atoms with Crippen LogP contribution in [0.5, 0.6) is 11.5 Å². The number of nitrogens with zero attached hydrogens (tertiary/aromatic N) is 1. The van der Waals surface area contributed by atoms with Crippen LogP contribution in [0.3, 0.4) is 0 Å². The highest BCUT2D eigenvalue weighted by Crippen LogP contribution is 2.38. The minimum Gasteiger partial charge on any atom is -0.503 e. The number of rotatable bonds is 3. The number of halogens is 1. The molecule has 1 aliphatic rings. The molecule has 1 amide bonds. The highest BCUT2D eigenvalue weighted by molar-refractivity contribution is 9.10. The summed E-state index contributed by atoms with van der Waals surface area (Å²) in [6.45, 7) is 2.44. The van der Waals surface area contributed by atoms with Crippen molar-refractivity contribution >= 4 is 56.2 Å². The number of methoxy groups -OCH3 is 1. The van der Waals surface area contributed by atoms with Crippen LogP contribution >= 0.6 is 39.9 Å². The third-order valence-corrected chi connectivity index (χ3v) is 4.74. The quantitative estimate of drug-likeness (QED) is 0.649. The van der Waals surface area contributed by atoms with E-state index in [2.05, 4.69) is 15.9 Å². The van der Waals surface area contributed by atoms with Gasteiger partial charge in [0, 0.05) is 6.54 Å². The maximum atomic E-state index is 12.1. The summed E-state index contributed by atoms with van der Waals surface area (Å²) in [4.78, 5) is 14.2. The summed E-state index contributed by atoms with van der Waals surface area (Å²) in [6, 6.07) is 3.38. The van der Waals surface area contributed by atoms with Crippen molar-refractivity contribution in [2.24, 2.45) is 0 Å². The van der Waals surface area contributed by atoms with Crippen LogP contribution < -0.4 is 4.74 Å². The van der Waals surface area contributed by atoms with Gasteiger partial charge >= 0.3 is 0 Å². The van der Waals surface area contributed by atoms with Crippen LogP contribution in [0.4, 0.5) is 0 Å². The SMILES string of the molecule is CCN1C(=O)C(=Cc2cc(Br)c(O)c(OC)c2)SC1=S. The molecule has 2 rings (SSSR count). The molecule has 1 aromatic rings. The second-order valence-electron chi connectivity index (χ2n) is 3.98. The van der Waals surface area contributed by atoms with E-state index in [-0.39, 0.29) is 11.7 Å². The number of hydrogen-bond donors (Lipinski definition) is 1. The monoisotopic (exact) mass is 373 g/mol. The van der Waals surface area contributed by atoms with Crippen LogP contribution in [0.25, 0.3) is 6.08 Å². The van der Waals surface area contributed by atoms with Gasteiger partial charge in [0.05, 0.1) is 16.5 Å². The Labute approximate surface area is 134 Å². The number of thioether (sulfide) groups is 1. The molecule has 1 fully saturated rings. The molecule has 0 aromatic heterocycles. The smallest absolute Gasteiger partial charge is 0.266 e. The second-order valence-corrected chi connectivity index (χ2v) is 6.51. The van der Waals surface area contributed by atoms with Gasteiger partial charge in [-0.25, -0.2) is 0 Å². The van der Waals surface area contributed by atoms with Crippen molar-refractivity contribution in [1.82, 2.24) is 4.90 Å². The van der Waals surface area contributed by atoms with E-state index in [1.54, 1.807) is 23.1 Å². The Hall–Kier alpha value is -1.05. The molecule has 1 N–H and O–H groups in total. The molecular weight excluding hydrogens is 362 g/mol. The molecule has 0 atom stereocenters. The number of aromatic hydroxyl groups is 1. The lowest BCUT2D eigenvalue weighted by Gasteiger charge is -2.09. The highest BCUT2D eigenvalue weighted by Gasteiger charge is 2.30. The summed E-state index contributed by atoms with van der Waals surface area (Å²) in [5.41, 5.74) is 0.753. The van der Waals surface area contributed by atoms with Gasteiger partial charge in [-0.3, -0.25) is 9.69 Å². The Morgan fingerprint density at radius 3 is 2.80 bits per heavy atom. The minimum atomic E-state index is -0.0920. The average molecular weight is 374 g/mol. The van der Waals surface area contributed by atoms with Crippen molar-refractivity contribution in [2.75, 3.05) is 13.7 Å². The minimum absolute atomic E-state index is 0.0331. The fourth-order valence-electron chi connectivity index (χ4n) is 1.76. The average Bonchev–Trinajstić information content (AvgIpc) is 2.68. The normalized spacial score (nSPS) is 17.1. The van der Waals surface area contributed by atoms with Crippen molar-refractivity contribution in [2.45, 2.75) is 6.92 Å². The zero-order valence-electron chi connectivity index (χ0n) is 10.8. The molecule has 0 unspecified atom stereocenters. The Morgan fingerprint density at radius 2 is 2.25 bits per heavy atom. The first-order chi connectivity index (χ1) is 9.47. The fourth-order valence-corrected chi connectivity index (χ4v) is 3.60. The summed E-state index contributed by atoms with van der Waals surface area (Å²) in [6.07, 6.45) is 1.74. The molecule has 1 aromatic carbocycles. The number of likely N-dealkylation sites (N-methyl/N-ethyl adjacent to an activating group) is 1. The maximum absolute atomic E-state index is 12.1. The molecule has 1 aliphatic heterocycles. The second kappa shape index (κ2) is 6.15. The van der Waals surface area contributed by atoms with E-state index in [1.807, 2.05) is 6.92 Å². The van der Waals surface area contributed by atoms with E-state index in [0.29, 0.717) is 26.0 Å². The number of benzene rings is 1. The third-order valence-electron chi connectivity index (χ3n) is 2.76. The number of hydrogen-bond acceptors (Lipinski definition) is 5. The lowest BCUT2D eigenvalue weighted by Crippen LogP contribution is -2.27. The molecule has 4 nitrogen and oxygen atoms in total. The lowest BCUT2D eigenvalue weighted by atomic mass is 10.2. The Bertz CT molecular complexity index is 616. The Morgan fingerprint density at radius 1 is 1.55 bits per heavy atom. The van der Waals surface area contributed by atoms with Crippen LogP contribution in [-0.4, -0.2) is 33.9 Å². The predicted octanol–water partition coefficient (Wildman–Crippen LogP) is 3.38. The van der Waals surface area contributed by atoms with Crippen molar-refractivity contribution < 1.29 is 14.6 Å². The molecule has 1 heterocycles. The molecular formula is C13H12BrNO3S2. The first-order valence-corrected chi connectivity index (χ1v) is 7.81. The van der Waals surface area contributed by atoms with E-state index in [9.17, 15) is 9.90 Å². The van der Waals surface area contributed by atoms with Gasteiger partial charge in [-0.15, -0.1) is 0 Å². The van der Waals surface area contributed by atoms with Gasteiger partial charge in [0.1, 0.15) is 4.32 Å². The summed E-state index contributed by atoms with van der Waals surface area (Å²) in [5, 5.41) is 9.76. The number of carbonyl (C=O) groups is 1. The van der Waals surface area contributed by atoms with Crippen molar-refractivity contribution in [1.29, 1.82) is 0 Å². The fraction of sp³-hybridized carbons (Fsp3) is 0.231. The number of carbonyl (C=O) groups excluding carboxylic acids is 1. The molecule has 0 bridgehead atoms. The number of ether oxygens (including phenoxy) is 1. The molecule has 0 saturated carbocycles. The van der Waals surface area contributed by atoms with Crippen LogP contribution in [-0.2, 0) is 4.79 Å². The topological polar surface area (TPSA) is 49.8 Å². The standard InChI is InChI=1S/C13H12BrNO3S2/c1-3-15-12(17)10(20-13(15)19)6-7-4-8(14)11(16)9(5-7)18-2/h4-6,16H,3H2,1-2H3. The summed E-state index contributed by atoms with van der Waals surface area (Å²) < 4.78 is 6.16. The van der Waals surface area contributed by atoms with Crippen LogP contribution in [0, 0.1) is 0 Å². The van der Waals surface area contributed by atoms with Crippen LogP contribution in [0.1, 0.15) is 12.5 Å². The molecule has 1 saturated heterocycles. The summed E-state index contributed by atoms with van der Waals surface area (Å²) in [5.74, 6) is 0.285. The van der Waals surface area contributed by atoms with Gasteiger partial charge in [0.15, 0.2) is 11.5 Å². The third kappa shape index (κ3) is 2.84. The van der Waals surface area contributed by atoms with E-state index in [0.717, 1.165) is 5.56 Å². The van der Waals surface area contributed by atoms with Gasteiger partial charge in [-0.05, 0) is 46.6 Å². The number of phenolic OH excluding ortho intramolecular Hbond substituents is 1. The van der Waals surface area contributed by atoms with Crippen molar-refractivity contribution in [3.05, 3.63) is 27.1 Å². The summed E-state index contributed by atoms with van der Waals surface area (Å²) >= 11 is 9.69.